The van der Waals surface area contributed by atoms with Crippen molar-refractivity contribution in [3.8, 4) is 22.3 Å². The van der Waals surface area contributed by atoms with Crippen molar-refractivity contribution in [3.05, 3.63) is 83.2 Å². The summed E-state index contributed by atoms with van der Waals surface area (Å²) in [4.78, 5) is 0. The van der Waals surface area contributed by atoms with Gasteiger partial charge in [0.2, 0.25) is 0 Å². The second-order valence-electron chi connectivity index (χ2n) is 10.4. The molecule has 1 aliphatic heterocycles. The summed E-state index contributed by atoms with van der Waals surface area (Å²) in [6, 6.07) is 15.7. The molecule has 0 amide bonds. The fraction of sp³-hybridized carbons (Fsp3) is 0.455. The van der Waals surface area contributed by atoms with Crippen LogP contribution in [-0.4, -0.2) is 12.7 Å². The molecule has 3 aromatic carbocycles. The van der Waals surface area contributed by atoms with E-state index >= 15 is 4.39 Å². The van der Waals surface area contributed by atoms with Crippen LogP contribution in [0.1, 0.15) is 88.7 Å². The van der Waals surface area contributed by atoms with Crippen molar-refractivity contribution >= 4 is 0 Å². The third kappa shape index (κ3) is 6.84. The zero-order valence-electron chi connectivity index (χ0n) is 22.2. The Morgan fingerprint density at radius 2 is 1.41 bits per heavy atom. The van der Waals surface area contributed by atoms with Crippen LogP contribution in [0.4, 0.5) is 13.2 Å². The van der Waals surface area contributed by atoms with Crippen LogP contribution in [0.2, 0.25) is 0 Å². The number of aryl methyl sites for hydroxylation is 1. The maximum absolute atomic E-state index is 15.1. The molecule has 3 aromatic rings. The molecule has 1 heterocycles. The molecule has 0 radical (unpaired) electrons. The Labute approximate surface area is 220 Å². The van der Waals surface area contributed by atoms with Crippen LogP contribution in [0.15, 0.2) is 54.6 Å². The molecule has 1 saturated heterocycles. The predicted octanol–water partition coefficient (Wildman–Crippen LogP) is 10.0. The second kappa shape index (κ2) is 13.3. The number of benzene rings is 3. The summed E-state index contributed by atoms with van der Waals surface area (Å²) in [5, 5.41) is 0. The normalized spacial score (nSPS) is 17.8. The van der Waals surface area contributed by atoms with Gasteiger partial charge in [0.1, 0.15) is 5.82 Å². The SMILES string of the molecule is CCCCCc1ccc(-c2ccc(-c3ccc(C4CCC(CCCCC)OC4)cc3F)cc2)c(F)c1F. The molecule has 1 fully saturated rings. The Hall–Kier alpha value is -2.59. The molecule has 2 unspecified atom stereocenters. The summed E-state index contributed by atoms with van der Waals surface area (Å²) in [6.45, 7) is 4.93. The van der Waals surface area contributed by atoms with Gasteiger partial charge in [-0.2, -0.15) is 0 Å². The molecule has 0 aromatic heterocycles. The van der Waals surface area contributed by atoms with Gasteiger partial charge in [-0.1, -0.05) is 94.5 Å². The smallest absolute Gasteiger partial charge is 0.166 e. The fourth-order valence-electron chi connectivity index (χ4n) is 5.34. The van der Waals surface area contributed by atoms with E-state index in [-0.39, 0.29) is 17.3 Å². The molecule has 4 heteroatoms. The van der Waals surface area contributed by atoms with Crippen molar-refractivity contribution in [2.75, 3.05) is 6.61 Å². The fourth-order valence-corrected chi connectivity index (χ4v) is 5.34. The van der Waals surface area contributed by atoms with Crippen molar-refractivity contribution in [1.82, 2.24) is 0 Å². The van der Waals surface area contributed by atoms with E-state index in [1.807, 2.05) is 12.1 Å². The van der Waals surface area contributed by atoms with Crippen LogP contribution in [0, 0.1) is 17.5 Å². The van der Waals surface area contributed by atoms with E-state index in [0.29, 0.717) is 41.4 Å². The molecular weight excluding hydrogens is 469 g/mol. The Bertz CT molecular complexity index is 1150. The van der Waals surface area contributed by atoms with E-state index in [9.17, 15) is 8.78 Å². The van der Waals surface area contributed by atoms with E-state index in [0.717, 1.165) is 44.1 Å². The van der Waals surface area contributed by atoms with Crippen LogP contribution in [-0.2, 0) is 11.2 Å². The minimum absolute atomic E-state index is 0.219. The van der Waals surface area contributed by atoms with Crippen molar-refractivity contribution in [1.29, 1.82) is 0 Å². The van der Waals surface area contributed by atoms with Gasteiger partial charge in [0.15, 0.2) is 11.6 Å². The van der Waals surface area contributed by atoms with Gasteiger partial charge in [-0.3, -0.25) is 0 Å². The molecule has 198 valence electrons. The van der Waals surface area contributed by atoms with E-state index in [1.54, 1.807) is 42.5 Å². The first-order valence-corrected chi connectivity index (χ1v) is 14.0. The van der Waals surface area contributed by atoms with Gasteiger partial charge in [-0.05, 0) is 60.4 Å². The molecule has 0 N–H and O–H groups in total. The molecule has 4 rings (SSSR count). The quantitative estimate of drug-likeness (QED) is 0.234. The lowest BCUT2D eigenvalue weighted by Crippen LogP contribution is -2.24. The standard InChI is InChI=1S/C33H39F3O/c1-3-5-7-9-25-16-20-30(33(36)32(25)35)24-13-11-23(12-14-24)29-19-17-26(21-31(29)34)27-15-18-28(37-22-27)10-8-6-4-2/h11-14,16-17,19-21,27-28H,3-10,15,18,22H2,1-2H3. The Morgan fingerprint density at radius 1 is 0.730 bits per heavy atom. The van der Waals surface area contributed by atoms with Crippen LogP contribution in [0.3, 0.4) is 0 Å². The van der Waals surface area contributed by atoms with E-state index in [4.69, 9.17) is 4.74 Å². The highest BCUT2D eigenvalue weighted by atomic mass is 19.2. The van der Waals surface area contributed by atoms with Gasteiger partial charge in [-0.25, -0.2) is 13.2 Å². The average molecular weight is 509 g/mol. The number of hydrogen-bond acceptors (Lipinski definition) is 1. The maximum Gasteiger partial charge on any atom is 0.166 e. The minimum Gasteiger partial charge on any atom is -0.378 e. The highest BCUT2D eigenvalue weighted by Crippen LogP contribution is 2.34. The Balaban J connectivity index is 1.42. The second-order valence-corrected chi connectivity index (χ2v) is 10.4. The van der Waals surface area contributed by atoms with Gasteiger partial charge in [0.05, 0.1) is 12.7 Å². The van der Waals surface area contributed by atoms with Gasteiger partial charge in [0, 0.05) is 17.0 Å². The summed E-state index contributed by atoms with van der Waals surface area (Å²) in [5.41, 5.74) is 3.41. The van der Waals surface area contributed by atoms with E-state index in [1.165, 1.54) is 19.3 Å². The molecular formula is C33H39F3O. The molecule has 0 aliphatic carbocycles. The summed E-state index contributed by atoms with van der Waals surface area (Å²) < 4.78 is 50.6. The lowest BCUT2D eigenvalue weighted by Gasteiger charge is -2.29. The number of unbranched alkanes of at least 4 members (excludes halogenated alkanes) is 4. The molecule has 2 atom stereocenters. The number of hydrogen-bond donors (Lipinski definition) is 0. The van der Waals surface area contributed by atoms with Gasteiger partial charge < -0.3 is 4.74 Å². The van der Waals surface area contributed by atoms with Crippen LogP contribution < -0.4 is 0 Å². The van der Waals surface area contributed by atoms with E-state index < -0.39 is 11.6 Å². The molecule has 37 heavy (non-hydrogen) atoms. The van der Waals surface area contributed by atoms with Crippen molar-refractivity contribution in [3.63, 3.8) is 0 Å². The highest BCUT2D eigenvalue weighted by molar-refractivity contribution is 5.71. The van der Waals surface area contributed by atoms with E-state index in [2.05, 4.69) is 13.8 Å². The Morgan fingerprint density at radius 3 is 2.05 bits per heavy atom. The third-order valence-corrected chi connectivity index (χ3v) is 7.68. The third-order valence-electron chi connectivity index (χ3n) is 7.68. The van der Waals surface area contributed by atoms with Crippen molar-refractivity contribution in [2.45, 2.75) is 90.1 Å². The van der Waals surface area contributed by atoms with Crippen LogP contribution in [0.25, 0.3) is 22.3 Å². The maximum atomic E-state index is 15.1. The number of halogens is 3. The summed E-state index contributed by atoms with van der Waals surface area (Å²) in [5.74, 6) is -1.64. The molecule has 0 spiro atoms. The molecule has 1 nitrogen and oxygen atoms in total. The first kappa shape index (κ1) is 27.4. The minimum atomic E-state index is -0.820. The number of ether oxygens (including phenoxy) is 1. The van der Waals surface area contributed by atoms with Gasteiger partial charge in [0.25, 0.3) is 0 Å². The van der Waals surface area contributed by atoms with Crippen molar-refractivity contribution < 1.29 is 17.9 Å². The topological polar surface area (TPSA) is 9.23 Å². The largest absolute Gasteiger partial charge is 0.378 e. The molecule has 1 aliphatic rings. The van der Waals surface area contributed by atoms with Crippen molar-refractivity contribution in [2.24, 2.45) is 0 Å². The zero-order valence-corrected chi connectivity index (χ0v) is 22.2. The average Bonchev–Trinajstić information content (AvgIpc) is 2.92. The highest BCUT2D eigenvalue weighted by Gasteiger charge is 2.23. The first-order valence-electron chi connectivity index (χ1n) is 14.0. The monoisotopic (exact) mass is 508 g/mol. The molecule has 0 saturated carbocycles. The molecule has 0 bridgehead atoms. The number of rotatable bonds is 11. The lowest BCUT2D eigenvalue weighted by molar-refractivity contribution is -0.00211. The van der Waals surface area contributed by atoms with Crippen LogP contribution in [0.5, 0.6) is 0 Å². The lowest BCUT2D eigenvalue weighted by atomic mass is 9.89. The van der Waals surface area contributed by atoms with Gasteiger partial charge >= 0.3 is 0 Å². The summed E-state index contributed by atoms with van der Waals surface area (Å²) in [7, 11) is 0. The predicted molar refractivity (Wildman–Crippen MR) is 146 cm³/mol. The zero-order chi connectivity index (χ0) is 26.2. The van der Waals surface area contributed by atoms with Crippen LogP contribution >= 0.6 is 0 Å². The summed E-state index contributed by atoms with van der Waals surface area (Å²) in [6.07, 6.45) is 10.6. The first-order chi connectivity index (χ1) is 18.0. The van der Waals surface area contributed by atoms with Gasteiger partial charge in [-0.15, -0.1) is 0 Å². The summed E-state index contributed by atoms with van der Waals surface area (Å²) >= 11 is 0. The Kier molecular flexibility index (Phi) is 9.85.